The lowest BCUT2D eigenvalue weighted by atomic mass is 9.79. The predicted octanol–water partition coefficient (Wildman–Crippen LogP) is 1.59. The van der Waals surface area contributed by atoms with Gasteiger partial charge < -0.3 is 14.6 Å². The third-order valence-electron chi connectivity index (χ3n) is 5.12. The summed E-state index contributed by atoms with van der Waals surface area (Å²) in [6.07, 6.45) is 0.954. The Morgan fingerprint density at radius 2 is 1.65 bits per heavy atom. The van der Waals surface area contributed by atoms with Gasteiger partial charge in [0.2, 0.25) is 11.8 Å². The van der Waals surface area contributed by atoms with E-state index in [0.29, 0.717) is 6.61 Å². The second kappa shape index (κ2) is 8.68. The molecule has 8 atom stereocenters. The Balaban J connectivity index is 1.58. The van der Waals surface area contributed by atoms with Crippen molar-refractivity contribution in [3.05, 3.63) is 0 Å². The first kappa shape index (κ1) is 20.9. The minimum absolute atomic E-state index is 0.00285. The second-order valence-electron chi connectivity index (χ2n) is 6.94. The number of β-amino-alcohol motifs (C(OH)–C–C–N with tert-alkyl or cyclic N) is 1. The number of aliphatic hydroxyl groups is 1. The summed E-state index contributed by atoms with van der Waals surface area (Å²) < 4.78 is 10.9. The van der Waals surface area contributed by atoms with Crippen LogP contribution in [0.15, 0.2) is 0 Å². The van der Waals surface area contributed by atoms with Gasteiger partial charge in [-0.2, -0.15) is 0 Å². The van der Waals surface area contributed by atoms with Crippen molar-refractivity contribution in [1.82, 2.24) is 4.90 Å². The van der Waals surface area contributed by atoms with Gasteiger partial charge in [-0.05, 0) is 12.8 Å². The number of ether oxygens (including phenoxy) is 2. The van der Waals surface area contributed by atoms with Gasteiger partial charge in [-0.25, -0.2) is 0 Å². The summed E-state index contributed by atoms with van der Waals surface area (Å²) >= 11 is 24.9. The third-order valence-corrected chi connectivity index (χ3v) is 7.68. The number of likely N-dealkylation sites (tertiary alicyclic amines) is 1. The van der Waals surface area contributed by atoms with Gasteiger partial charge in [0.15, 0.2) is 0 Å². The molecular formula is C16H21Cl4NO5. The molecule has 148 valence electrons. The first-order chi connectivity index (χ1) is 12.3. The molecule has 10 heteroatoms. The normalized spacial score (nSPS) is 41.6. The topological polar surface area (TPSA) is 76.1 Å². The average Bonchev–Trinajstić information content (AvgIpc) is 3.20. The Kier molecular flexibility index (Phi) is 6.98. The van der Waals surface area contributed by atoms with Crippen molar-refractivity contribution in [3.63, 3.8) is 0 Å². The molecule has 0 aromatic carbocycles. The zero-order valence-electron chi connectivity index (χ0n) is 13.9. The van der Waals surface area contributed by atoms with Crippen molar-refractivity contribution in [3.8, 4) is 0 Å². The number of nitrogens with zero attached hydrogens (tertiary/aromatic N) is 1. The zero-order chi connectivity index (χ0) is 19.0. The summed E-state index contributed by atoms with van der Waals surface area (Å²) in [5, 5.41) is 7.12. The molecule has 0 spiro atoms. The van der Waals surface area contributed by atoms with Crippen LogP contribution in [0.4, 0.5) is 0 Å². The van der Waals surface area contributed by atoms with Crippen molar-refractivity contribution in [1.29, 1.82) is 0 Å². The second-order valence-corrected chi connectivity index (χ2v) is 8.96. The lowest BCUT2D eigenvalue weighted by molar-refractivity contribution is -0.142. The SMILES string of the molecule is O=C1C2C(Cl)C(Cl)C(Cl)C(Cl)C2C(=O)N1C[C@H](O)COCC1CCCO1. The average molecular weight is 449 g/mol. The van der Waals surface area contributed by atoms with E-state index in [2.05, 4.69) is 0 Å². The molecule has 2 amide bonds. The quantitative estimate of drug-likeness (QED) is 0.493. The Hall–Kier alpha value is 0.180. The predicted molar refractivity (Wildman–Crippen MR) is 98.1 cm³/mol. The molecule has 0 radical (unpaired) electrons. The van der Waals surface area contributed by atoms with E-state index < -0.39 is 51.3 Å². The molecular weight excluding hydrogens is 428 g/mol. The zero-order valence-corrected chi connectivity index (χ0v) is 16.9. The number of hydrogen-bond acceptors (Lipinski definition) is 5. The van der Waals surface area contributed by atoms with Gasteiger partial charge in [-0.1, -0.05) is 0 Å². The van der Waals surface area contributed by atoms with E-state index in [0.717, 1.165) is 24.3 Å². The van der Waals surface area contributed by atoms with E-state index in [1.54, 1.807) is 0 Å². The molecule has 2 saturated heterocycles. The molecule has 1 N–H and O–H groups in total. The summed E-state index contributed by atoms with van der Waals surface area (Å²) in [6, 6.07) is 0. The van der Waals surface area contributed by atoms with E-state index in [4.69, 9.17) is 55.9 Å². The van der Waals surface area contributed by atoms with Crippen LogP contribution in [0.2, 0.25) is 0 Å². The number of carbonyl (C=O) groups is 2. The maximum Gasteiger partial charge on any atom is 0.234 e. The Labute approximate surface area is 172 Å². The van der Waals surface area contributed by atoms with Crippen molar-refractivity contribution in [2.75, 3.05) is 26.4 Å². The van der Waals surface area contributed by atoms with E-state index in [1.165, 1.54) is 0 Å². The van der Waals surface area contributed by atoms with Crippen LogP contribution in [0.5, 0.6) is 0 Å². The summed E-state index contributed by atoms with van der Waals surface area (Å²) in [5.74, 6) is -2.61. The molecule has 2 heterocycles. The highest BCUT2D eigenvalue weighted by molar-refractivity contribution is 6.40. The lowest BCUT2D eigenvalue weighted by Gasteiger charge is -2.37. The van der Waals surface area contributed by atoms with E-state index in [1.807, 2.05) is 0 Å². The van der Waals surface area contributed by atoms with Crippen LogP contribution in [0.3, 0.4) is 0 Å². The minimum Gasteiger partial charge on any atom is -0.389 e. The first-order valence-electron chi connectivity index (χ1n) is 8.61. The number of rotatable bonds is 6. The summed E-state index contributed by atoms with van der Waals surface area (Å²) in [6.45, 7) is 0.915. The molecule has 1 aliphatic carbocycles. The van der Waals surface area contributed by atoms with Gasteiger partial charge >= 0.3 is 0 Å². The van der Waals surface area contributed by atoms with Crippen LogP contribution >= 0.6 is 46.4 Å². The van der Waals surface area contributed by atoms with Gasteiger partial charge in [0.05, 0.1) is 65.3 Å². The Morgan fingerprint density at radius 3 is 2.15 bits per heavy atom. The molecule has 2 aliphatic heterocycles. The molecule has 3 aliphatic rings. The van der Waals surface area contributed by atoms with Crippen molar-refractivity contribution in [2.45, 2.75) is 46.6 Å². The molecule has 0 bridgehead atoms. The standard InChI is InChI=1S/C16H21Cl4NO5/c17-11-9-10(12(18)14(20)13(11)19)16(24)21(15(9)23)4-7(22)5-25-6-8-2-1-3-26-8/h7-14,22H,1-6H2/t7-,8?,9?,10?,11?,12?,13?,14?/m0/s1. The van der Waals surface area contributed by atoms with E-state index >= 15 is 0 Å². The Bertz CT molecular complexity index is 515. The molecule has 3 rings (SSSR count). The monoisotopic (exact) mass is 447 g/mol. The third kappa shape index (κ3) is 3.97. The van der Waals surface area contributed by atoms with E-state index in [-0.39, 0.29) is 19.3 Å². The lowest BCUT2D eigenvalue weighted by Crippen LogP contribution is -2.51. The van der Waals surface area contributed by atoms with Crippen LogP contribution < -0.4 is 0 Å². The fraction of sp³-hybridized carbons (Fsp3) is 0.875. The number of alkyl halides is 4. The number of fused-ring (bicyclic) bond motifs is 1. The Morgan fingerprint density at radius 1 is 1.08 bits per heavy atom. The van der Waals surface area contributed by atoms with Crippen molar-refractivity contribution in [2.24, 2.45) is 11.8 Å². The summed E-state index contributed by atoms with van der Waals surface area (Å²) in [4.78, 5) is 26.3. The number of carbonyl (C=O) groups excluding carboxylic acids is 2. The largest absolute Gasteiger partial charge is 0.389 e. The highest BCUT2D eigenvalue weighted by Crippen LogP contribution is 2.46. The van der Waals surface area contributed by atoms with Gasteiger partial charge in [0.25, 0.3) is 0 Å². The van der Waals surface area contributed by atoms with E-state index in [9.17, 15) is 14.7 Å². The van der Waals surface area contributed by atoms with Gasteiger partial charge in [-0.3, -0.25) is 14.5 Å². The van der Waals surface area contributed by atoms with Crippen LogP contribution in [0.1, 0.15) is 12.8 Å². The number of aliphatic hydroxyl groups excluding tert-OH is 1. The van der Waals surface area contributed by atoms with Crippen LogP contribution in [-0.4, -0.2) is 81.9 Å². The molecule has 7 unspecified atom stereocenters. The van der Waals surface area contributed by atoms with Gasteiger partial charge in [0.1, 0.15) is 0 Å². The number of imide groups is 1. The molecule has 1 saturated carbocycles. The highest BCUT2D eigenvalue weighted by atomic mass is 35.5. The van der Waals surface area contributed by atoms with Crippen molar-refractivity contribution < 1.29 is 24.2 Å². The van der Waals surface area contributed by atoms with Crippen LogP contribution in [0, 0.1) is 11.8 Å². The van der Waals surface area contributed by atoms with Crippen molar-refractivity contribution >= 4 is 58.2 Å². The smallest absolute Gasteiger partial charge is 0.234 e. The minimum atomic E-state index is -1.01. The fourth-order valence-corrected chi connectivity index (χ4v) is 5.36. The maximum atomic E-state index is 12.7. The molecule has 26 heavy (non-hydrogen) atoms. The highest BCUT2D eigenvalue weighted by Gasteiger charge is 2.60. The number of halogens is 4. The summed E-state index contributed by atoms with van der Waals surface area (Å²) in [7, 11) is 0. The molecule has 3 fully saturated rings. The number of amides is 2. The first-order valence-corrected chi connectivity index (χ1v) is 10.4. The van der Waals surface area contributed by atoms with Gasteiger partial charge in [-0.15, -0.1) is 46.4 Å². The fourth-order valence-electron chi connectivity index (χ4n) is 3.75. The summed E-state index contributed by atoms with van der Waals surface area (Å²) in [5.41, 5.74) is 0. The number of hydrogen-bond donors (Lipinski definition) is 1. The van der Waals surface area contributed by atoms with Crippen LogP contribution in [-0.2, 0) is 19.1 Å². The molecule has 6 nitrogen and oxygen atoms in total. The van der Waals surface area contributed by atoms with Gasteiger partial charge in [0, 0.05) is 6.61 Å². The van der Waals surface area contributed by atoms with Crippen LogP contribution in [0.25, 0.3) is 0 Å². The molecule has 0 aromatic rings. The maximum absolute atomic E-state index is 12.7. The molecule has 0 aromatic heterocycles.